The average Bonchev–Trinajstić information content (AvgIpc) is 1.86. The van der Waals surface area contributed by atoms with Crippen LogP contribution in [-0.4, -0.2) is 0 Å². The molecule has 0 fully saturated rings. The number of nitrogens with two attached hydrogens (primary N) is 1. The predicted molar refractivity (Wildman–Crippen MR) is 48.8 cm³/mol. The Morgan fingerprint density at radius 1 is 1.27 bits per heavy atom. The lowest BCUT2D eigenvalue weighted by Crippen LogP contribution is -2.05. The smallest absolute Gasteiger partial charge is 0.323 e. The van der Waals surface area contributed by atoms with Crippen LogP contribution in [-0.2, 0) is 3.93 Å². The molecule has 0 amide bonds. The van der Waals surface area contributed by atoms with Gasteiger partial charge in [-0.05, 0) is 6.07 Å². The molecule has 11 heavy (non-hydrogen) atoms. The summed E-state index contributed by atoms with van der Waals surface area (Å²) >= 11 is 1.05. The lowest BCUT2D eigenvalue weighted by Gasteiger charge is -2.10. The van der Waals surface area contributed by atoms with Crippen molar-refractivity contribution in [2.45, 2.75) is 3.93 Å². The van der Waals surface area contributed by atoms with Crippen LogP contribution in [0.15, 0.2) is 24.3 Å². The van der Waals surface area contributed by atoms with Crippen molar-refractivity contribution in [3.05, 3.63) is 29.8 Å². The Balaban J connectivity index is 3.14. The van der Waals surface area contributed by atoms with E-state index in [9.17, 15) is 8.78 Å². The summed E-state index contributed by atoms with van der Waals surface area (Å²) in [5, 5.41) is 0. The Morgan fingerprint density at radius 2 is 1.82 bits per heavy atom. The zero-order chi connectivity index (χ0) is 8.48. The Hall–Kier alpha value is -0.390. The molecule has 0 heterocycles. The minimum absolute atomic E-state index is 0.124. The van der Waals surface area contributed by atoms with Gasteiger partial charge < -0.3 is 5.73 Å². The molecule has 0 atom stereocenters. The molecule has 0 aliphatic rings. The number of nitrogen functional groups attached to an aromatic ring is 1. The van der Waals surface area contributed by atoms with Gasteiger partial charge in [0.05, 0.1) is 5.56 Å². The number of rotatable bonds is 1. The molecule has 0 saturated heterocycles. The third-order valence-electron chi connectivity index (χ3n) is 1.27. The van der Waals surface area contributed by atoms with Crippen molar-refractivity contribution in [2.75, 3.05) is 5.73 Å². The van der Waals surface area contributed by atoms with Crippen LogP contribution >= 0.6 is 22.6 Å². The molecule has 1 aromatic rings. The highest BCUT2D eigenvalue weighted by molar-refractivity contribution is 14.1. The van der Waals surface area contributed by atoms with Crippen molar-refractivity contribution in [1.82, 2.24) is 0 Å². The van der Waals surface area contributed by atoms with Crippen molar-refractivity contribution in [3.63, 3.8) is 0 Å². The third-order valence-corrected chi connectivity index (χ3v) is 1.85. The monoisotopic (exact) mass is 269 g/mol. The molecule has 1 nitrogen and oxygen atoms in total. The van der Waals surface area contributed by atoms with Crippen LogP contribution in [0.2, 0.25) is 0 Å². The fourth-order valence-electron chi connectivity index (χ4n) is 0.755. The molecule has 0 bridgehead atoms. The number of alkyl halides is 3. The van der Waals surface area contributed by atoms with Gasteiger partial charge >= 0.3 is 3.93 Å². The number of para-hydroxylation sites is 1. The molecular weight excluding hydrogens is 263 g/mol. The fraction of sp³-hybridized carbons (Fsp3) is 0.143. The van der Waals surface area contributed by atoms with Gasteiger partial charge in [0, 0.05) is 28.3 Å². The van der Waals surface area contributed by atoms with E-state index in [1.807, 2.05) is 0 Å². The second kappa shape index (κ2) is 2.92. The Labute approximate surface area is 76.7 Å². The Bertz CT molecular complexity index is 257. The number of hydrogen-bond donors (Lipinski definition) is 1. The first-order chi connectivity index (χ1) is 5.02. The number of benzene rings is 1. The summed E-state index contributed by atoms with van der Waals surface area (Å²) in [6, 6.07) is 5.95. The summed E-state index contributed by atoms with van der Waals surface area (Å²) in [6.07, 6.45) is 0. The largest absolute Gasteiger partial charge is 0.398 e. The van der Waals surface area contributed by atoms with Crippen LogP contribution in [0.1, 0.15) is 5.56 Å². The first-order valence-corrected chi connectivity index (χ1v) is 4.01. The van der Waals surface area contributed by atoms with Crippen LogP contribution in [0.25, 0.3) is 0 Å². The van der Waals surface area contributed by atoms with Crippen LogP contribution in [0.3, 0.4) is 0 Å². The molecule has 1 rings (SSSR count). The van der Waals surface area contributed by atoms with Crippen LogP contribution in [0.4, 0.5) is 14.5 Å². The predicted octanol–water partition coefficient (Wildman–Crippen LogP) is 2.75. The van der Waals surface area contributed by atoms with Gasteiger partial charge in [-0.2, -0.15) is 8.78 Å². The highest BCUT2D eigenvalue weighted by Crippen LogP contribution is 2.37. The molecule has 0 aromatic heterocycles. The SMILES string of the molecule is Nc1ccccc1C(F)(F)I. The van der Waals surface area contributed by atoms with Gasteiger partial charge in [-0.25, -0.2) is 0 Å². The zero-order valence-electron chi connectivity index (χ0n) is 5.52. The highest BCUT2D eigenvalue weighted by atomic mass is 127. The molecule has 0 aliphatic heterocycles. The minimum Gasteiger partial charge on any atom is -0.398 e. The minimum atomic E-state index is -2.87. The van der Waals surface area contributed by atoms with Crippen LogP contribution in [0.5, 0.6) is 0 Å². The van der Waals surface area contributed by atoms with E-state index in [2.05, 4.69) is 0 Å². The molecule has 0 spiro atoms. The van der Waals surface area contributed by atoms with Crippen molar-refractivity contribution in [3.8, 4) is 0 Å². The van der Waals surface area contributed by atoms with Gasteiger partial charge in [0.1, 0.15) is 0 Å². The van der Waals surface area contributed by atoms with E-state index in [4.69, 9.17) is 5.73 Å². The van der Waals surface area contributed by atoms with Crippen LogP contribution < -0.4 is 5.73 Å². The molecule has 1 aromatic carbocycles. The van der Waals surface area contributed by atoms with E-state index in [-0.39, 0.29) is 11.3 Å². The summed E-state index contributed by atoms with van der Waals surface area (Å²) in [5.41, 5.74) is 5.33. The molecule has 0 radical (unpaired) electrons. The summed E-state index contributed by atoms with van der Waals surface area (Å²) in [4.78, 5) is 0. The lowest BCUT2D eigenvalue weighted by molar-refractivity contribution is 0.128. The topological polar surface area (TPSA) is 26.0 Å². The van der Waals surface area contributed by atoms with E-state index >= 15 is 0 Å². The lowest BCUT2D eigenvalue weighted by atomic mass is 10.2. The van der Waals surface area contributed by atoms with Gasteiger partial charge in [-0.15, -0.1) is 0 Å². The first-order valence-electron chi connectivity index (χ1n) is 2.93. The molecular formula is C7H6F2IN. The molecule has 2 N–H and O–H groups in total. The average molecular weight is 269 g/mol. The molecule has 60 valence electrons. The summed E-state index contributed by atoms with van der Waals surface area (Å²) < 4.78 is 22.4. The van der Waals surface area contributed by atoms with Crippen molar-refractivity contribution < 1.29 is 8.78 Å². The third kappa shape index (κ3) is 2.02. The second-order valence-electron chi connectivity index (χ2n) is 2.09. The standard InChI is InChI=1S/C7H6F2IN/c8-7(9,10)5-3-1-2-4-6(5)11/h1-4H,11H2. The second-order valence-corrected chi connectivity index (χ2v) is 3.44. The van der Waals surface area contributed by atoms with Crippen molar-refractivity contribution in [1.29, 1.82) is 0 Å². The molecule has 0 saturated carbocycles. The fourth-order valence-corrected chi connectivity index (χ4v) is 1.25. The zero-order valence-corrected chi connectivity index (χ0v) is 7.68. The van der Waals surface area contributed by atoms with E-state index < -0.39 is 3.93 Å². The molecule has 4 heteroatoms. The maximum Gasteiger partial charge on any atom is 0.323 e. The van der Waals surface area contributed by atoms with Crippen molar-refractivity contribution in [2.24, 2.45) is 0 Å². The van der Waals surface area contributed by atoms with Gasteiger partial charge in [0.15, 0.2) is 0 Å². The van der Waals surface area contributed by atoms with Crippen molar-refractivity contribution >= 4 is 28.3 Å². The quantitative estimate of drug-likeness (QED) is 0.473. The first kappa shape index (κ1) is 8.70. The van der Waals surface area contributed by atoms with E-state index in [1.165, 1.54) is 18.2 Å². The van der Waals surface area contributed by atoms with Gasteiger partial charge in [-0.1, -0.05) is 18.2 Å². The maximum atomic E-state index is 12.6. The number of halogens is 3. The number of hydrogen-bond acceptors (Lipinski definition) is 1. The summed E-state index contributed by atoms with van der Waals surface area (Å²) in [7, 11) is 0. The Morgan fingerprint density at radius 3 is 2.18 bits per heavy atom. The van der Waals surface area contributed by atoms with E-state index in [1.54, 1.807) is 6.07 Å². The molecule has 0 unspecified atom stereocenters. The molecule has 0 aliphatic carbocycles. The van der Waals surface area contributed by atoms with E-state index in [0.717, 1.165) is 22.6 Å². The Kier molecular flexibility index (Phi) is 2.31. The van der Waals surface area contributed by atoms with Gasteiger partial charge in [0.25, 0.3) is 0 Å². The summed E-state index contributed by atoms with van der Waals surface area (Å²) in [5.74, 6) is 0. The van der Waals surface area contributed by atoms with E-state index in [0.29, 0.717) is 0 Å². The maximum absolute atomic E-state index is 12.6. The van der Waals surface area contributed by atoms with Gasteiger partial charge in [-0.3, -0.25) is 0 Å². The summed E-state index contributed by atoms with van der Waals surface area (Å²) in [6.45, 7) is 0. The number of anilines is 1. The van der Waals surface area contributed by atoms with Crippen LogP contribution in [0, 0.1) is 0 Å². The normalized spacial score (nSPS) is 11.5. The van der Waals surface area contributed by atoms with Gasteiger partial charge in [0.2, 0.25) is 0 Å². The highest BCUT2D eigenvalue weighted by Gasteiger charge is 2.28.